The SMILES string of the molecule is CC1CC2CC(C1)CC(C)(c1ccc3c(c1)c1ccccc1n3-c1ccc(-c3cccc4cccc(-c5ccc(-n6c7ccccc7c7cc(C(C)(C)C)ccc76)cc5)c34)cc1)C2. The van der Waals surface area contributed by atoms with Crippen LogP contribution in [0.2, 0.25) is 0 Å². The van der Waals surface area contributed by atoms with Crippen molar-refractivity contribution in [1.82, 2.24) is 9.13 Å². The quantitative estimate of drug-likeness (QED) is 0.164. The van der Waals surface area contributed by atoms with Crippen LogP contribution in [0, 0.1) is 17.8 Å². The summed E-state index contributed by atoms with van der Waals surface area (Å²) in [6, 6.07) is 64.3. The average Bonchev–Trinajstić information content (AvgIpc) is 3.80. The molecule has 2 unspecified atom stereocenters. The summed E-state index contributed by atoms with van der Waals surface area (Å²) in [6.45, 7) is 11.9. The molecule has 0 amide bonds. The summed E-state index contributed by atoms with van der Waals surface area (Å²) in [7, 11) is 0. The number of benzene rings is 8. The van der Waals surface area contributed by atoms with E-state index in [4.69, 9.17) is 0 Å². The Morgan fingerprint density at radius 1 is 0.476 bits per heavy atom. The van der Waals surface area contributed by atoms with Gasteiger partial charge in [0.25, 0.3) is 0 Å². The molecule has 2 heteroatoms. The lowest BCUT2D eigenvalue weighted by atomic mass is 9.57. The molecule has 2 atom stereocenters. The monoisotopic (exact) mass is 816 g/mol. The van der Waals surface area contributed by atoms with Crippen molar-refractivity contribution in [2.75, 3.05) is 0 Å². The van der Waals surface area contributed by atoms with Crippen molar-refractivity contribution in [2.45, 2.75) is 77.6 Å². The second-order valence-corrected chi connectivity index (χ2v) is 20.7. The van der Waals surface area contributed by atoms with E-state index < -0.39 is 0 Å². The fourth-order valence-corrected chi connectivity index (χ4v) is 12.6. The number of aromatic nitrogens is 2. The molecule has 0 N–H and O–H groups in total. The van der Waals surface area contributed by atoms with Crippen LogP contribution in [0.5, 0.6) is 0 Å². The smallest absolute Gasteiger partial charge is 0.0541 e. The van der Waals surface area contributed by atoms with Crippen molar-refractivity contribution in [2.24, 2.45) is 17.8 Å². The second kappa shape index (κ2) is 14.3. The van der Waals surface area contributed by atoms with Gasteiger partial charge in [-0.25, -0.2) is 0 Å². The maximum absolute atomic E-state index is 2.56. The summed E-state index contributed by atoms with van der Waals surface area (Å²) in [5.74, 6) is 2.62. The summed E-state index contributed by atoms with van der Waals surface area (Å²) in [6.07, 6.45) is 6.89. The zero-order valence-electron chi connectivity index (χ0n) is 37.3. The Bertz CT molecular complexity index is 3360. The van der Waals surface area contributed by atoms with Gasteiger partial charge in [0, 0.05) is 32.9 Å². The predicted octanol–water partition coefficient (Wildman–Crippen LogP) is 16.8. The van der Waals surface area contributed by atoms with Crippen molar-refractivity contribution < 1.29 is 0 Å². The molecule has 0 saturated heterocycles. The van der Waals surface area contributed by atoms with Crippen LogP contribution in [0.25, 0.3) is 88.0 Å². The molecule has 2 nitrogen and oxygen atoms in total. The highest BCUT2D eigenvalue weighted by molar-refractivity contribution is 6.11. The molecule has 8 aromatic carbocycles. The standard InChI is InChI=1S/C61H56N2/c1-39-32-40-34-41(33-39)38-61(5,37-40)46-25-31-58-54(36-46)52-15-7-9-19-56(52)63(58)48-28-22-43(23-29-48)50-17-11-13-44-12-10-16-49(59(44)50)42-20-26-47(27-21-42)62-55-18-8-6-14-51(55)53-35-45(60(2,3)4)24-30-57(53)62/h6-31,35-36,39-41H,32-34,37-38H2,1-5H3. The first-order valence-corrected chi connectivity index (χ1v) is 23.4. The van der Waals surface area contributed by atoms with Gasteiger partial charge in [0.2, 0.25) is 0 Å². The van der Waals surface area contributed by atoms with Crippen LogP contribution in [-0.2, 0) is 10.8 Å². The zero-order valence-corrected chi connectivity index (χ0v) is 37.3. The Kier molecular flexibility index (Phi) is 8.71. The number of fused-ring (bicyclic) bond motifs is 9. The van der Waals surface area contributed by atoms with Crippen LogP contribution < -0.4 is 0 Å². The molecule has 2 bridgehead atoms. The molecule has 2 heterocycles. The number of hydrogen-bond acceptors (Lipinski definition) is 0. The lowest BCUT2D eigenvalue weighted by Crippen LogP contribution is -2.38. The molecule has 2 aliphatic rings. The van der Waals surface area contributed by atoms with E-state index in [0.29, 0.717) is 0 Å². The third-order valence-corrected chi connectivity index (χ3v) is 15.3. The van der Waals surface area contributed by atoms with Crippen LogP contribution in [0.4, 0.5) is 0 Å². The van der Waals surface area contributed by atoms with Gasteiger partial charge in [0.1, 0.15) is 0 Å². The zero-order chi connectivity index (χ0) is 42.6. The average molecular weight is 817 g/mol. The van der Waals surface area contributed by atoms with Gasteiger partial charge >= 0.3 is 0 Å². The summed E-state index contributed by atoms with van der Waals surface area (Å²) in [5.41, 5.74) is 15.5. The summed E-state index contributed by atoms with van der Waals surface area (Å²) in [5, 5.41) is 7.84. The third-order valence-electron chi connectivity index (χ3n) is 15.3. The van der Waals surface area contributed by atoms with Crippen LogP contribution >= 0.6 is 0 Å². The van der Waals surface area contributed by atoms with Crippen LogP contribution in [0.1, 0.15) is 77.8 Å². The molecule has 2 fully saturated rings. The maximum atomic E-state index is 2.56. The van der Waals surface area contributed by atoms with E-state index in [0.717, 1.165) is 17.8 Å². The minimum absolute atomic E-state index is 0.0841. The Morgan fingerprint density at radius 2 is 0.968 bits per heavy atom. The number of rotatable bonds is 5. The minimum atomic E-state index is 0.0841. The van der Waals surface area contributed by atoms with Crippen LogP contribution in [-0.4, -0.2) is 9.13 Å². The lowest BCUT2D eigenvalue weighted by Gasteiger charge is -2.47. The van der Waals surface area contributed by atoms with Crippen molar-refractivity contribution in [3.63, 3.8) is 0 Å². The highest BCUT2D eigenvalue weighted by Gasteiger charge is 2.42. The van der Waals surface area contributed by atoms with Gasteiger partial charge in [-0.15, -0.1) is 0 Å². The molecule has 63 heavy (non-hydrogen) atoms. The summed E-state index contributed by atoms with van der Waals surface area (Å²) < 4.78 is 4.91. The van der Waals surface area contributed by atoms with Crippen LogP contribution in [0.3, 0.4) is 0 Å². The molecule has 2 aromatic heterocycles. The number of nitrogens with zero attached hydrogens (tertiary/aromatic N) is 2. The topological polar surface area (TPSA) is 9.86 Å². The van der Waals surface area contributed by atoms with Crippen molar-refractivity contribution in [1.29, 1.82) is 0 Å². The number of para-hydroxylation sites is 2. The molecule has 10 aromatic rings. The highest BCUT2D eigenvalue weighted by Crippen LogP contribution is 2.52. The Balaban J connectivity index is 0.909. The Morgan fingerprint density at radius 3 is 1.51 bits per heavy atom. The summed E-state index contributed by atoms with van der Waals surface area (Å²) in [4.78, 5) is 0. The van der Waals surface area contributed by atoms with E-state index >= 15 is 0 Å². The van der Waals surface area contributed by atoms with Gasteiger partial charge in [0.05, 0.1) is 22.1 Å². The first-order valence-electron chi connectivity index (χ1n) is 23.4. The van der Waals surface area contributed by atoms with Gasteiger partial charge in [-0.2, -0.15) is 0 Å². The van der Waals surface area contributed by atoms with E-state index in [1.54, 1.807) is 0 Å². The molecule has 2 aliphatic carbocycles. The van der Waals surface area contributed by atoms with E-state index in [9.17, 15) is 0 Å². The molecule has 0 radical (unpaired) electrons. The highest BCUT2D eigenvalue weighted by atomic mass is 15.0. The van der Waals surface area contributed by atoms with Crippen molar-refractivity contribution in [3.05, 3.63) is 181 Å². The first kappa shape index (κ1) is 38.3. The van der Waals surface area contributed by atoms with E-state index in [1.165, 1.54) is 131 Å². The van der Waals surface area contributed by atoms with E-state index in [2.05, 4.69) is 214 Å². The van der Waals surface area contributed by atoms with Gasteiger partial charge in [-0.3, -0.25) is 0 Å². The summed E-state index contributed by atoms with van der Waals surface area (Å²) >= 11 is 0. The molecular formula is C61H56N2. The lowest BCUT2D eigenvalue weighted by molar-refractivity contribution is 0.0899. The predicted molar refractivity (Wildman–Crippen MR) is 269 cm³/mol. The van der Waals surface area contributed by atoms with Gasteiger partial charge in [-0.1, -0.05) is 144 Å². The molecule has 2 saturated carbocycles. The minimum Gasteiger partial charge on any atom is -0.309 e. The Labute approximate surface area is 371 Å². The Hall–Kier alpha value is -6.38. The third kappa shape index (κ3) is 6.28. The van der Waals surface area contributed by atoms with Gasteiger partial charge < -0.3 is 9.13 Å². The molecule has 0 aliphatic heterocycles. The van der Waals surface area contributed by atoms with E-state index in [1.807, 2.05) is 0 Å². The maximum Gasteiger partial charge on any atom is 0.0541 e. The first-order chi connectivity index (χ1) is 30.6. The van der Waals surface area contributed by atoms with Crippen molar-refractivity contribution in [3.8, 4) is 33.6 Å². The fourth-order valence-electron chi connectivity index (χ4n) is 12.6. The molecule has 0 spiro atoms. The largest absolute Gasteiger partial charge is 0.309 e. The fraction of sp³-hybridized carbons (Fsp3) is 0.246. The van der Waals surface area contributed by atoms with Crippen molar-refractivity contribution >= 4 is 54.4 Å². The molecule has 310 valence electrons. The molecular weight excluding hydrogens is 761 g/mol. The van der Waals surface area contributed by atoms with E-state index in [-0.39, 0.29) is 10.8 Å². The number of hydrogen-bond donors (Lipinski definition) is 0. The van der Waals surface area contributed by atoms with Gasteiger partial charge in [0.15, 0.2) is 0 Å². The second-order valence-electron chi connectivity index (χ2n) is 20.7. The normalized spacial score (nSPS) is 20.4. The molecule has 12 rings (SSSR count). The van der Waals surface area contributed by atoms with Crippen LogP contribution in [0.15, 0.2) is 170 Å². The van der Waals surface area contributed by atoms with Gasteiger partial charge in [-0.05, 0) is 166 Å².